The van der Waals surface area contributed by atoms with Gasteiger partial charge in [0.1, 0.15) is 0 Å². The number of amides is 1. The van der Waals surface area contributed by atoms with Gasteiger partial charge in [-0.05, 0) is 26.0 Å². The highest BCUT2D eigenvalue weighted by molar-refractivity contribution is 8.00. The van der Waals surface area contributed by atoms with Crippen LogP contribution in [0.5, 0.6) is 0 Å². The van der Waals surface area contributed by atoms with E-state index in [0.717, 1.165) is 17.8 Å². The smallest absolute Gasteiger partial charge is 0.318 e. The van der Waals surface area contributed by atoms with Crippen LogP contribution in [0, 0.1) is 15.9 Å². The summed E-state index contributed by atoms with van der Waals surface area (Å²) in [4.78, 5) is 23.6. The number of para-hydroxylation sites is 1. The minimum absolute atomic E-state index is 0.0615. The van der Waals surface area contributed by atoms with Crippen molar-refractivity contribution in [3.8, 4) is 0 Å². The van der Waals surface area contributed by atoms with E-state index < -0.39 is 16.4 Å². The van der Waals surface area contributed by atoms with E-state index in [2.05, 4.69) is 0 Å². The number of carbonyl (C=O) groups is 1. The lowest BCUT2D eigenvalue weighted by molar-refractivity contribution is -0.390. The Hall–Kier alpha value is -1.63. The van der Waals surface area contributed by atoms with Crippen LogP contribution in [0.3, 0.4) is 0 Å². The molecule has 0 bridgehead atoms. The van der Waals surface area contributed by atoms with Crippen molar-refractivity contribution in [1.82, 2.24) is 4.90 Å². The summed E-state index contributed by atoms with van der Waals surface area (Å²) in [5.41, 5.74) is -0.570. The van der Waals surface area contributed by atoms with E-state index >= 15 is 0 Å². The molecule has 0 N–H and O–H groups in total. The SMILES string of the molecule is CCN(CC)C(=O)CSc1cccc(F)c1[N+](=O)[O-]. The van der Waals surface area contributed by atoms with Crippen molar-refractivity contribution in [2.24, 2.45) is 0 Å². The molecule has 7 heteroatoms. The quantitative estimate of drug-likeness (QED) is 0.458. The molecule has 0 aliphatic carbocycles. The Bertz CT molecular complexity index is 478. The zero-order valence-electron chi connectivity index (χ0n) is 10.8. The van der Waals surface area contributed by atoms with Gasteiger partial charge in [-0.3, -0.25) is 14.9 Å². The molecule has 0 aromatic heterocycles. The van der Waals surface area contributed by atoms with Gasteiger partial charge in [-0.1, -0.05) is 6.07 Å². The van der Waals surface area contributed by atoms with Crippen LogP contribution in [-0.4, -0.2) is 34.6 Å². The lowest BCUT2D eigenvalue weighted by Crippen LogP contribution is -2.31. The maximum atomic E-state index is 13.4. The van der Waals surface area contributed by atoms with E-state index in [1.807, 2.05) is 13.8 Å². The van der Waals surface area contributed by atoms with Crippen LogP contribution >= 0.6 is 11.8 Å². The Balaban J connectivity index is 2.81. The maximum Gasteiger partial charge on any atom is 0.318 e. The lowest BCUT2D eigenvalue weighted by Gasteiger charge is -2.18. The highest BCUT2D eigenvalue weighted by Gasteiger charge is 2.21. The summed E-state index contributed by atoms with van der Waals surface area (Å²) in [6.07, 6.45) is 0. The molecular weight excluding hydrogens is 271 g/mol. The van der Waals surface area contributed by atoms with Crippen LogP contribution in [0.4, 0.5) is 10.1 Å². The minimum atomic E-state index is -0.884. The van der Waals surface area contributed by atoms with E-state index in [4.69, 9.17) is 0 Å². The maximum absolute atomic E-state index is 13.4. The van der Waals surface area contributed by atoms with Crippen molar-refractivity contribution < 1.29 is 14.1 Å². The molecule has 0 radical (unpaired) electrons. The number of nitro benzene ring substituents is 1. The zero-order valence-corrected chi connectivity index (χ0v) is 11.6. The third-order valence-electron chi connectivity index (χ3n) is 2.60. The van der Waals surface area contributed by atoms with Gasteiger partial charge < -0.3 is 4.90 Å². The number of carbonyl (C=O) groups excluding carboxylic acids is 1. The van der Waals surface area contributed by atoms with Gasteiger partial charge in [0.15, 0.2) is 0 Å². The summed E-state index contributed by atoms with van der Waals surface area (Å²) >= 11 is 0.984. The number of nitrogens with zero attached hydrogens (tertiary/aromatic N) is 2. The second-order valence-corrected chi connectivity index (χ2v) is 4.72. The molecule has 104 valence electrons. The number of benzene rings is 1. The van der Waals surface area contributed by atoms with Gasteiger partial charge in [0.25, 0.3) is 0 Å². The van der Waals surface area contributed by atoms with Crippen LogP contribution in [0.1, 0.15) is 13.8 Å². The number of rotatable bonds is 6. The number of hydrogen-bond acceptors (Lipinski definition) is 4. The van der Waals surface area contributed by atoms with Crippen LogP contribution in [0.25, 0.3) is 0 Å². The average Bonchev–Trinajstić information content (AvgIpc) is 2.37. The molecule has 19 heavy (non-hydrogen) atoms. The second-order valence-electron chi connectivity index (χ2n) is 3.70. The minimum Gasteiger partial charge on any atom is -0.343 e. The number of hydrogen-bond donors (Lipinski definition) is 0. The first-order valence-electron chi connectivity index (χ1n) is 5.84. The monoisotopic (exact) mass is 286 g/mol. The van der Waals surface area contributed by atoms with Crippen molar-refractivity contribution in [3.63, 3.8) is 0 Å². The van der Waals surface area contributed by atoms with Gasteiger partial charge in [0, 0.05) is 13.1 Å². The molecule has 0 saturated carbocycles. The molecule has 0 spiro atoms. The predicted octanol–water partition coefficient (Wildman–Crippen LogP) is 2.69. The first kappa shape index (κ1) is 15.4. The molecule has 5 nitrogen and oxygen atoms in total. The lowest BCUT2D eigenvalue weighted by atomic mass is 10.3. The van der Waals surface area contributed by atoms with Crippen LogP contribution < -0.4 is 0 Å². The molecule has 1 aromatic rings. The Morgan fingerprint density at radius 3 is 2.58 bits per heavy atom. The van der Waals surface area contributed by atoms with E-state index in [0.29, 0.717) is 13.1 Å². The second kappa shape index (κ2) is 7.08. The number of nitro groups is 1. The third kappa shape index (κ3) is 3.92. The van der Waals surface area contributed by atoms with Crippen molar-refractivity contribution in [2.45, 2.75) is 18.7 Å². The summed E-state index contributed by atoms with van der Waals surface area (Å²) in [5.74, 6) is -0.940. The molecule has 0 unspecified atom stereocenters. The average molecular weight is 286 g/mol. The molecule has 1 amide bonds. The molecular formula is C12H15FN2O3S. The van der Waals surface area contributed by atoms with E-state index in [-0.39, 0.29) is 16.6 Å². The molecule has 0 atom stereocenters. The van der Waals surface area contributed by atoms with Gasteiger partial charge in [-0.15, -0.1) is 11.8 Å². The summed E-state index contributed by atoms with van der Waals surface area (Å²) in [5, 5.41) is 10.8. The fourth-order valence-corrected chi connectivity index (χ4v) is 2.54. The van der Waals surface area contributed by atoms with E-state index in [9.17, 15) is 19.3 Å². The summed E-state index contributed by atoms with van der Waals surface area (Å²) in [7, 11) is 0. The molecule has 1 aromatic carbocycles. The van der Waals surface area contributed by atoms with Gasteiger partial charge in [-0.25, -0.2) is 0 Å². The van der Waals surface area contributed by atoms with Gasteiger partial charge >= 0.3 is 5.69 Å². The largest absolute Gasteiger partial charge is 0.343 e. The Labute approximate surface area is 114 Å². The number of halogens is 1. The molecule has 0 saturated heterocycles. The Morgan fingerprint density at radius 1 is 1.42 bits per heavy atom. The predicted molar refractivity (Wildman–Crippen MR) is 71.7 cm³/mol. The molecule has 0 heterocycles. The van der Waals surface area contributed by atoms with E-state index in [1.54, 1.807) is 4.90 Å². The fraction of sp³-hybridized carbons (Fsp3) is 0.417. The van der Waals surface area contributed by atoms with Crippen molar-refractivity contribution in [2.75, 3.05) is 18.8 Å². The molecule has 0 fully saturated rings. The first-order valence-corrected chi connectivity index (χ1v) is 6.83. The van der Waals surface area contributed by atoms with Crippen LogP contribution in [-0.2, 0) is 4.79 Å². The van der Waals surface area contributed by atoms with Crippen LogP contribution in [0.2, 0.25) is 0 Å². The fourth-order valence-electron chi connectivity index (χ4n) is 1.60. The summed E-state index contributed by atoms with van der Waals surface area (Å²) in [6.45, 7) is 4.88. The molecule has 0 aliphatic rings. The standard InChI is InChI=1S/C12H15FN2O3S/c1-3-14(4-2)11(16)8-19-10-7-5-6-9(13)12(10)15(17)18/h5-7H,3-4,8H2,1-2H3. The first-order chi connectivity index (χ1) is 9.01. The third-order valence-corrected chi connectivity index (χ3v) is 3.63. The van der Waals surface area contributed by atoms with E-state index in [1.165, 1.54) is 12.1 Å². The normalized spacial score (nSPS) is 10.3. The Morgan fingerprint density at radius 2 is 2.05 bits per heavy atom. The summed E-state index contributed by atoms with van der Waals surface area (Å²) < 4.78 is 13.4. The van der Waals surface area contributed by atoms with Gasteiger partial charge in [0.05, 0.1) is 15.6 Å². The topological polar surface area (TPSA) is 63.5 Å². The highest BCUT2D eigenvalue weighted by Crippen LogP contribution is 2.31. The van der Waals surface area contributed by atoms with Crippen LogP contribution in [0.15, 0.2) is 23.1 Å². The highest BCUT2D eigenvalue weighted by atomic mass is 32.2. The van der Waals surface area contributed by atoms with Gasteiger partial charge in [-0.2, -0.15) is 4.39 Å². The Kier molecular flexibility index (Phi) is 5.75. The van der Waals surface area contributed by atoms with Gasteiger partial charge in [0.2, 0.25) is 11.7 Å². The van der Waals surface area contributed by atoms with Crippen molar-refractivity contribution in [3.05, 3.63) is 34.1 Å². The number of thioether (sulfide) groups is 1. The van der Waals surface area contributed by atoms with Crippen molar-refractivity contribution in [1.29, 1.82) is 0 Å². The summed E-state index contributed by atoms with van der Waals surface area (Å²) in [6, 6.07) is 3.88. The molecule has 0 aliphatic heterocycles. The zero-order chi connectivity index (χ0) is 14.4. The van der Waals surface area contributed by atoms with Crippen molar-refractivity contribution >= 4 is 23.4 Å². The molecule has 1 rings (SSSR count).